The second kappa shape index (κ2) is 27.3. The van der Waals surface area contributed by atoms with Crippen LogP contribution in [0.3, 0.4) is 0 Å². The van der Waals surface area contributed by atoms with Crippen molar-refractivity contribution in [1.82, 2.24) is 0 Å². The Labute approximate surface area is 237 Å². The van der Waals surface area contributed by atoms with Crippen molar-refractivity contribution in [2.75, 3.05) is 19.6 Å². The minimum absolute atomic E-state index is 0.339. The summed E-state index contributed by atoms with van der Waals surface area (Å²) in [5, 5.41) is 0. The Morgan fingerprint density at radius 3 is 0.914 bits per heavy atom. The average Bonchev–Trinajstić information content (AvgIpc) is 2.87. The standard InChI is InChI=1S/C33H65IN/c1-5-9-12-15-18-19-20-23-26-29-32-35(33(34)8-4,30-27-24-21-16-13-10-6-2)31-28-25-22-17-14-11-7-3/h4,33H,5-7,9-32H2,1-3H3/q+1. The summed E-state index contributed by atoms with van der Waals surface area (Å²) >= 11 is 2.61. The molecule has 0 saturated carbocycles. The van der Waals surface area contributed by atoms with Crippen LogP contribution in [0.25, 0.3) is 0 Å². The Morgan fingerprint density at radius 1 is 0.457 bits per heavy atom. The van der Waals surface area contributed by atoms with Gasteiger partial charge in [-0.2, -0.15) is 0 Å². The first-order chi connectivity index (χ1) is 17.2. The Bertz CT molecular complexity index is 437. The smallest absolute Gasteiger partial charge is 0.200 e. The second-order valence-electron chi connectivity index (χ2n) is 11.3. The molecule has 0 aromatic heterocycles. The molecular weight excluding hydrogens is 537 g/mol. The Morgan fingerprint density at radius 2 is 0.686 bits per heavy atom. The highest BCUT2D eigenvalue weighted by Gasteiger charge is 2.32. The highest BCUT2D eigenvalue weighted by molar-refractivity contribution is 14.1. The van der Waals surface area contributed by atoms with Crippen LogP contribution >= 0.6 is 22.6 Å². The van der Waals surface area contributed by atoms with Crippen molar-refractivity contribution in [1.29, 1.82) is 0 Å². The number of hydrogen-bond acceptors (Lipinski definition) is 0. The topological polar surface area (TPSA) is 0 Å². The van der Waals surface area contributed by atoms with E-state index in [0.717, 1.165) is 0 Å². The van der Waals surface area contributed by atoms with Gasteiger partial charge >= 0.3 is 0 Å². The van der Waals surface area contributed by atoms with E-state index in [1.54, 1.807) is 0 Å². The molecule has 1 unspecified atom stereocenters. The molecule has 0 bridgehead atoms. The predicted octanol–water partition coefficient (Wildman–Crippen LogP) is 11.6. The molecule has 0 amide bonds. The van der Waals surface area contributed by atoms with Crippen molar-refractivity contribution in [3.63, 3.8) is 0 Å². The number of alkyl halides is 1. The average molecular weight is 603 g/mol. The van der Waals surface area contributed by atoms with E-state index < -0.39 is 0 Å². The van der Waals surface area contributed by atoms with Crippen molar-refractivity contribution in [3.8, 4) is 12.3 Å². The molecule has 0 N–H and O–H groups in total. The minimum Gasteiger partial charge on any atom is -0.303 e. The molecule has 35 heavy (non-hydrogen) atoms. The van der Waals surface area contributed by atoms with Gasteiger partial charge in [-0.25, -0.2) is 0 Å². The zero-order valence-electron chi connectivity index (χ0n) is 24.6. The fourth-order valence-electron chi connectivity index (χ4n) is 5.52. The summed E-state index contributed by atoms with van der Waals surface area (Å²) in [4.78, 5) is 0. The number of halogens is 1. The van der Waals surface area contributed by atoms with Crippen molar-refractivity contribution >= 4 is 22.6 Å². The zero-order chi connectivity index (χ0) is 25.9. The van der Waals surface area contributed by atoms with Gasteiger partial charge in [0, 0.05) is 22.6 Å². The third-order valence-corrected chi connectivity index (χ3v) is 9.53. The van der Waals surface area contributed by atoms with Gasteiger partial charge < -0.3 is 4.48 Å². The van der Waals surface area contributed by atoms with E-state index in [4.69, 9.17) is 6.42 Å². The van der Waals surface area contributed by atoms with Crippen LogP contribution in [0.5, 0.6) is 0 Å². The zero-order valence-corrected chi connectivity index (χ0v) is 26.7. The maximum atomic E-state index is 6.08. The van der Waals surface area contributed by atoms with Crippen molar-refractivity contribution in [2.24, 2.45) is 0 Å². The van der Waals surface area contributed by atoms with Gasteiger partial charge in [-0.1, -0.05) is 136 Å². The summed E-state index contributed by atoms with van der Waals surface area (Å²) in [6, 6.07) is 0. The van der Waals surface area contributed by atoms with Gasteiger partial charge in [-0.15, -0.1) is 6.42 Å². The monoisotopic (exact) mass is 602 g/mol. The molecule has 0 aromatic rings. The number of hydrogen-bond donors (Lipinski definition) is 0. The highest BCUT2D eigenvalue weighted by atomic mass is 127. The molecule has 1 atom stereocenters. The minimum atomic E-state index is 0.339. The molecule has 0 aliphatic rings. The summed E-state index contributed by atoms with van der Waals surface area (Å²) in [6.07, 6.45) is 39.8. The van der Waals surface area contributed by atoms with Gasteiger partial charge in [-0.3, -0.25) is 0 Å². The highest BCUT2D eigenvalue weighted by Crippen LogP contribution is 2.25. The lowest BCUT2D eigenvalue weighted by molar-refractivity contribution is -0.927. The normalized spacial score (nSPS) is 12.7. The van der Waals surface area contributed by atoms with Crippen LogP contribution in [0.1, 0.15) is 175 Å². The first kappa shape index (κ1) is 35.2. The fourth-order valence-corrected chi connectivity index (χ4v) is 6.35. The molecule has 0 aromatic carbocycles. The molecule has 1 nitrogen and oxygen atoms in total. The number of quaternary nitrogens is 1. The second-order valence-corrected chi connectivity index (χ2v) is 12.5. The summed E-state index contributed by atoms with van der Waals surface area (Å²) < 4.78 is 1.53. The van der Waals surface area contributed by atoms with Crippen molar-refractivity contribution in [2.45, 2.75) is 179 Å². The van der Waals surface area contributed by atoms with Crippen LogP contribution in [0.2, 0.25) is 0 Å². The molecule has 0 radical (unpaired) electrons. The third-order valence-electron chi connectivity index (χ3n) is 7.99. The number of unbranched alkanes of at least 4 members (excludes halogenated alkanes) is 21. The number of nitrogens with zero attached hydrogens (tertiary/aromatic N) is 1. The van der Waals surface area contributed by atoms with Gasteiger partial charge in [0.2, 0.25) is 4.05 Å². The van der Waals surface area contributed by atoms with E-state index >= 15 is 0 Å². The summed E-state index contributed by atoms with van der Waals surface area (Å²) in [5.74, 6) is 3.19. The lowest BCUT2D eigenvalue weighted by Gasteiger charge is -2.41. The first-order valence-electron chi connectivity index (χ1n) is 16.1. The Kier molecular flexibility index (Phi) is 27.5. The maximum Gasteiger partial charge on any atom is 0.200 e. The van der Waals surface area contributed by atoms with Crippen LogP contribution in [-0.2, 0) is 0 Å². The SMILES string of the molecule is C#CC(I)[N+](CCCCCCCCC)(CCCCCCCCC)CCCCCCCCCCCC. The van der Waals surface area contributed by atoms with Gasteiger partial charge in [0.1, 0.15) is 0 Å². The van der Waals surface area contributed by atoms with Gasteiger partial charge in [-0.05, 0) is 44.4 Å². The van der Waals surface area contributed by atoms with Crippen LogP contribution in [0.4, 0.5) is 0 Å². The lowest BCUT2D eigenvalue weighted by Crippen LogP contribution is -2.54. The van der Waals surface area contributed by atoms with Crippen LogP contribution in [0, 0.1) is 12.3 Å². The van der Waals surface area contributed by atoms with Crippen molar-refractivity contribution in [3.05, 3.63) is 0 Å². The molecule has 0 aliphatic heterocycles. The maximum absolute atomic E-state index is 6.08. The molecule has 2 heteroatoms. The molecule has 0 aliphatic carbocycles. The molecular formula is C33H65IN+. The fraction of sp³-hybridized carbons (Fsp3) is 0.939. The van der Waals surface area contributed by atoms with Crippen molar-refractivity contribution < 1.29 is 4.48 Å². The van der Waals surface area contributed by atoms with Gasteiger partial charge in [0.25, 0.3) is 0 Å². The van der Waals surface area contributed by atoms with E-state index in [9.17, 15) is 0 Å². The number of terminal acetylenes is 1. The molecule has 208 valence electrons. The summed E-state index contributed by atoms with van der Waals surface area (Å²) in [5.41, 5.74) is 0. The van der Waals surface area contributed by atoms with E-state index in [-0.39, 0.29) is 0 Å². The quantitative estimate of drug-likeness (QED) is 0.0209. The molecule has 0 rings (SSSR count). The summed E-state index contributed by atoms with van der Waals surface area (Å²) in [7, 11) is 0. The van der Waals surface area contributed by atoms with E-state index in [1.807, 2.05) is 0 Å². The molecule has 0 saturated heterocycles. The van der Waals surface area contributed by atoms with Gasteiger partial charge in [0.15, 0.2) is 0 Å². The third kappa shape index (κ3) is 20.9. The van der Waals surface area contributed by atoms with E-state index in [0.29, 0.717) is 4.05 Å². The molecule has 0 fully saturated rings. The number of rotatable bonds is 28. The van der Waals surface area contributed by atoms with Crippen LogP contribution < -0.4 is 0 Å². The molecule has 0 spiro atoms. The van der Waals surface area contributed by atoms with E-state index in [1.165, 1.54) is 178 Å². The van der Waals surface area contributed by atoms with Gasteiger partial charge in [0.05, 0.1) is 19.6 Å². The van der Waals surface area contributed by atoms with Crippen LogP contribution in [-0.4, -0.2) is 28.2 Å². The van der Waals surface area contributed by atoms with Crippen LogP contribution in [0.15, 0.2) is 0 Å². The molecule has 0 heterocycles. The largest absolute Gasteiger partial charge is 0.303 e. The Hall–Kier alpha value is 0.250. The predicted molar refractivity (Wildman–Crippen MR) is 169 cm³/mol. The lowest BCUT2D eigenvalue weighted by atomic mass is 10.0. The van der Waals surface area contributed by atoms with E-state index in [2.05, 4.69) is 49.3 Å². The first-order valence-corrected chi connectivity index (χ1v) is 17.4. The Balaban J connectivity index is 4.55. The summed E-state index contributed by atoms with van der Waals surface area (Å²) in [6.45, 7) is 10.8.